The second-order valence-corrected chi connectivity index (χ2v) is 10.0. The largest absolute Gasteiger partial charge is 0.396 e. The summed E-state index contributed by atoms with van der Waals surface area (Å²) in [6.45, 7) is 1.24. The lowest BCUT2D eigenvalue weighted by molar-refractivity contribution is -0.215. The van der Waals surface area contributed by atoms with E-state index in [4.69, 9.17) is 16.3 Å². The first-order valence-corrected chi connectivity index (χ1v) is 12.2. The molecule has 7 nitrogen and oxygen atoms in total. The molecule has 2 heterocycles. The van der Waals surface area contributed by atoms with Crippen LogP contribution in [0.4, 0.5) is 4.48 Å². The molecule has 0 bridgehead atoms. The van der Waals surface area contributed by atoms with Gasteiger partial charge in [-0.05, 0) is 49.6 Å². The highest BCUT2D eigenvalue weighted by molar-refractivity contribution is 6.30. The molecule has 3 aromatic rings. The highest BCUT2D eigenvalue weighted by Crippen LogP contribution is 2.51. The van der Waals surface area contributed by atoms with Crippen molar-refractivity contribution in [1.29, 1.82) is 5.26 Å². The zero-order valence-corrected chi connectivity index (χ0v) is 20.8. The Morgan fingerprint density at radius 3 is 2.57 bits per heavy atom. The average molecular weight is 520 g/mol. The van der Waals surface area contributed by atoms with Gasteiger partial charge in [0.2, 0.25) is 5.72 Å². The van der Waals surface area contributed by atoms with Crippen LogP contribution < -0.4 is 0 Å². The Morgan fingerprint density at radius 1 is 1.22 bits per heavy atom. The number of fused-ring (bicyclic) bond motifs is 1. The van der Waals surface area contributed by atoms with Crippen molar-refractivity contribution in [3.63, 3.8) is 0 Å². The van der Waals surface area contributed by atoms with Gasteiger partial charge in [-0.15, -0.1) is 5.12 Å². The first-order valence-electron chi connectivity index (χ1n) is 11.8. The van der Waals surface area contributed by atoms with Crippen LogP contribution in [0.2, 0.25) is 5.02 Å². The van der Waals surface area contributed by atoms with Gasteiger partial charge in [-0.3, -0.25) is 14.6 Å². The van der Waals surface area contributed by atoms with Crippen molar-refractivity contribution in [3.05, 3.63) is 87.7 Å². The Bertz CT molecular complexity index is 1450. The number of aliphatic hydroxyl groups is 1. The van der Waals surface area contributed by atoms with Crippen molar-refractivity contribution in [2.45, 2.75) is 31.9 Å². The van der Waals surface area contributed by atoms with Crippen molar-refractivity contribution in [2.75, 3.05) is 13.2 Å². The number of nitrogens with zero attached hydrogens (tertiary/aromatic N) is 3. The molecule has 1 aliphatic carbocycles. The number of rotatable bonds is 8. The summed E-state index contributed by atoms with van der Waals surface area (Å²) in [7, 11) is 0. The molecule has 1 aromatic heterocycles. The van der Waals surface area contributed by atoms with E-state index in [-0.39, 0.29) is 64.1 Å². The van der Waals surface area contributed by atoms with Gasteiger partial charge in [0.25, 0.3) is 5.91 Å². The summed E-state index contributed by atoms with van der Waals surface area (Å²) in [6.07, 6.45) is 2.66. The number of ketones is 1. The summed E-state index contributed by atoms with van der Waals surface area (Å²) < 4.78 is 22.5. The zero-order chi connectivity index (χ0) is 26.4. The lowest BCUT2D eigenvalue weighted by Gasteiger charge is -2.34. The minimum Gasteiger partial charge on any atom is -0.396 e. The van der Waals surface area contributed by atoms with Crippen LogP contribution in [0.25, 0.3) is 11.1 Å². The number of aromatic nitrogens is 1. The Balaban J connectivity index is 1.74. The molecule has 1 N–H and O–H groups in total. The van der Waals surface area contributed by atoms with Crippen LogP contribution in [0.5, 0.6) is 0 Å². The molecule has 37 heavy (non-hydrogen) atoms. The number of nitriles is 1. The summed E-state index contributed by atoms with van der Waals surface area (Å²) in [4.78, 5) is 30.5. The van der Waals surface area contributed by atoms with Crippen molar-refractivity contribution >= 4 is 23.3 Å². The number of ether oxygens (including phenoxy) is 1. The van der Waals surface area contributed by atoms with Gasteiger partial charge < -0.3 is 9.84 Å². The van der Waals surface area contributed by atoms with E-state index < -0.39 is 17.0 Å². The number of amides is 1. The van der Waals surface area contributed by atoms with E-state index in [1.807, 2.05) is 0 Å². The molecule has 2 aromatic carbocycles. The third-order valence-electron chi connectivity index (χ3n) is 7.18. The Kier molecular flexibility index (Phi) is 6.32. The highest BCUT2D eigenvalue weighted by atomic mass is 35.5. The molecule has 1 atom stereocenters. The molecule has 0 unspecified atom stereocenters. The summed E-state index contributed by atoms with van der Waals surface area (Å²) >= 11 is 6.06. The predicted molar refractivity (Wildman–Crippen MR) is 133 cm³/mol. The van der Waals surface area contributed by atoms with Crippen LogP contribution in [0, 0.1) is 16.7 Å². The highest BCUT2D eigenvalue weighted by Gasteiger charge is 2.56. The minimum atomic E-state index is -1.95. The summed E-state index contributed by atoms with van der Waals surface area (Å²) in [5, 5.41) is 20.0. The number of hydrogen-bond donors (Lipinski definition) is 1. The lowest BCUT2D eigenvalue weighted by atomic mass is 9.86. The van der Waals surface area contributed by atoms with Crippen molar-refractivity contribution in [1.82, 2.24) is 10.1 Å². The van der Waals surface area contributed by atoms with Gasteiger partial charge in [-0.1, -0.05) is 40.3 Å². The van der Waals surface area contributed by atoms with E-state index in [1.54, 1.807) is 42.5 Å². The summed E-state index contributed by atoms with van der Waals surface area (Å²) in [6, 6.07) is 14.9. The maximum atomic E-state index is 16.2. The first kappa shape index (κ1) is 25.0. The van der Waals surface area contributed by atoms with Gasteiger partial charge >= 0.3 is 0 Å². The second-order valence-electron chi connectivity index (χ2n) is 9.58. The molecule has 1 amide bonds. The molecule has 1 fully saturated rings. The summed E-state index contributed by atoms with van der Waals surface area (Å²) in [5.41, 5.74) is -0.707. The molecular weight excluding hydrogens is 497 g/mol. The standard InChI is InChI=1S/C28H23ClFN3O4/c1-17(35)21-8-9-22-25(24(21)18-4-6-20(29)7-5-18)26(36)33(30)28(22,37-16-27(15-34)10-11-27)13-23-19(14-31)3-2-12-32-23/h2-9,12,34H,10-11,13,15-16H2,1H3/t28-/m1/s1. The molecule has 0 spiro atoms. The quantitative estimate of drug-likeness (QED) is 0.332. The van der Waals surface area contributed by atoms with Crippen LogP contribution in [-0.2, 0) is 16.9 Å². The SMILES string of the molecule is CC(=O)c1ccc2c(c1-c1ccc(Cl)cc1)C(=O)N(F)[C@]2(Cc1ncccc1C#N)OCC1(CO)CC1. The van der Waals surface area contributed by atoms with Crippen molar-refractivity contribution in [2.24, 2.45) is 5.41 Å². The van der Waals surface area contributed by atoms with Crippen LogP contribution in [0.1, 0.15) is 57.3 Å². The normalized spacial score (nSPS) is 19.4. The number of carbonyl (C=O) groups excluding carboxylic acids is 2. The first-order chi connectivity index (χ1) is 17.7. The molecule has 5 rings (SSSR count). The third kappa shape index (κ3) is 4.19. The topological polar surface area (TPSA) is 104 Å². The fourth-order valence-electron chi connectivity index (χ4n) is 4.78. The van der Waals surface area contributed by atoms with Gasteiger partial charge in [-0.2, -0.15) is 5.26 Å². The van der Waals surface area contributed by atoms with Crippen LogP contribution >= 0.6 is 11.6 Å². The Morgan fingerprint density at radius 2 is 1.95 bits per heavy atom. The maximum Gasteiger partial charge on any atom is 0.285 e. The van der Waals surface area contributed by atoms with Gasteiger partial charge in [0, 0.05) is 39.7 Å². The monoisotopic (exact) mass is 519 g/mol. The molecule has 2 aliphatic rings. The van der Waals surface area contributed by atoms with Crippen LogP contribution in [0.15, 0.2) is 54.7 Å². The fraction of sp³-hybridized carbons (Fsp3) is 0.286. The van der Waals surface area contributed by atoms with E-state index in [0.717, 1.165) is 0 Å². The van der Waals surface area contributed by atoms with E-state index in [2.05, 4.69) is 11.1 Å². The maximum absolute atomic E-state index is 16.2. The molecule has 188 valence electrons. The molecule has 0 radical (unpaired) electrons. The minimum absolute atomic E-state index is 0.000747. The second kappa shape index (κ2) is 9.34. The summed E-state index contributed by atoms with van der Waals surface area (Å²) in [5.74, 6) is -1.26. The Hall–Kier alpha value is -3.64. The van der Waals surface area contributed by atoms with Gasteiger partial charge in [0.15, 0.2) is 5.78 Å². The number of halogens is 2. The van der Waals surface area contributed by atoms with E-state index in [0.29, 0.717) is 23.4 Å². The third-order valence-corrected chi connectivity index (χ3v) is 7.43. The van der Waals surface area contributed by atoms with Crippen molar-refractivity contribution in [3.8, 4) is 17.2 Å². The van der Waals surface area contributed by atoms with E-state index in [9.17, 15) is 20.0 Å². The van der Waals surface area contributed by atoms with Crippen molar-refractivity contribution < 1.29 is 23.9 Å². The van der Waals surface area contributed by atoms with Gasteiger partial charge in [0.1, 0.15) is 6.07 Å². The molecule has 9 heteroatoms. The fourth-order valence-corrected chi connectivity index (χ4v) is 4.91. The molecule has 0 saturated heterocycles. The number of pyridine rings is 1. The van der Waals surface area contributed by atoms with Gasteiger partial charge in [-0.25, -0.2) is 0 Å². The van der Waals surface area contributed by atoms with Crippen LogP contribution in [-0.4, -0.2) is 40.1 Å². The van der Waals surface area contributed by atoms with Gasteiger partial charge in [0.05, 0.1) is 30.0 Å². The smallest absolute Gasteiger partial charge is 0.285 e. The number of benzene rings is 2. The van der Waals surface area contributed by atoms with E-state index in [1.165, 1.54) is 19.2 Å². The zero-order valence-electron chi connectivity index (χ0n) is 20.0. The molecule has 1 aliphatic heterocycles. The number of Topliss-reactive ketones (excluding diaryl/α,β-unsaturated/α-hetero) is 1. The predicted octanol–water partition coefficient (Wildman–Crippen LogP) is 5.00. The van der Waals surface area contributed by atoms with E-state index >= 15 is 4.48 Å². The molecular formula is C28H23ClFN3O4. The molecule has 1 saturated carbocycles. The van der Waals surface area contributed by atoms with Crippen LogP contribution in [0.3, 0.4) is 0 Å². The number of carbonyl (C=O) groups is 2. The average Bonchev–Trinajstić information content (AvgIpc) is 3.67. The number of aliphatic hydroxyl groups excluding tert-OH is 1. The lowest BCUT2D eigenvalue weighted by Crippen LogP contribution is -2.44. The number of hydrogen-bond acceptors (Lipinski definition) is 6. The Labute approximate surface area is 218 Å².